The first-order chi connectivity index (χ1) is 10.8. The molecule has 2 aromatic rings. The quantitative estimate of drug-likeness (QED) is 0.914. The molecule has 3 heteroatoms. The van der Waals surface area contributed by atoms with E-state index in [0.717, 1.165) is 28.1 Å². The molecule has 0 amide bonds. The zero-order valence-electron chi connectivity index (χ0n) is 12.5. The summed E-state index contributed by atoms with van der Waals surface area (Å²) in [6, 6.07) is 17.0. The number of hydrogen-bond acceptors (Lipinski definition) is 3. The lowest BCUT2D eigenvalue weighted by Crippen LogP contribution is -2.20. The second kappa shape index (κ2) is 5.34. The average molecular weight is 289 g/mol. The van der Waals surface area contributed by atoms with Crippen LogP contribution in [0, 0.1) is 0 Å². The number of rotatable bonds is 2. The van der Waals surface area contributed by atoms with E-state index in [4.69, 9.17) is 0 Å². The van der Waals surface area contributed by atoms with Crippen LogP contribution in [0.3, 0.4) is 0 Å². The Labute approximate surface area is 131 Å². The molecule has 0 aliphatic carbocycles. The Hall–Kier alpha value is -2.55. The number of benzene rings is 2. The predicted octanol–water partition coefficient (Wildman–Crippen LogP) is 3.61. The lowest BCUT2D eigenvalue weighted by molar-refractivity contribution is 0.949. The standard InChI is InChI=1S/C19H19N3/c1-14-17-6-2-3-7-18(17)19(21-20-14)15-8-10-16(11-9-15)22-12-4-5-13-22/h2-3,6-11,20H,1,4-5,12-13H2. The van der Waals surface area contributed by atoms with E-state index in [9.17, 15) is 0 Å². The summed E-state index contributed by atoms with van der Waals surface area (Å²) in [5.74, 6) is 0. The molecule has 1 saturated heterocycles. The number of nitrogens with zero attached hydrogens (tertiary/aromatic N) is 2. The maximum absolute atomic E-state index is 4.50. The Morgan fingerprint density at radius 3 is 2.32 bits per heavy atom. The van der Waals surface area contributed by atoms with Gasteiger partial charge in [-0.05, 0) is 25.0 Å². The number of hydrazone groups is 1. The summed E-state index contributed by atoms with van der Waals surface area (Å²) in [6.45, 7) is 6.37. The van der Waals surface area contributed by atoms with Gasteiger partial charge < -0.3 is 4.90 Å². The Bertz CT molecular complexity index is 738. The van der Waals surface area contributed by atoms with Crippen molar-refractivity contribution in [2.24, 2.45) is 5.10 Å². The largest absolute Gasteiger partial charge is 0.372 e. The Kier molecular flexibility index (Phi) is 3.19. The second-order valence-corrected chi connectivity index (χ2v) is 5.84. The van der Waals surface area contributed by atoms with E-state index >= 15 is 0 Å². The van der Waals surface area contributed by atoms with Crippen LogP contribution < -0.4 is 10.3 Å². The minimum Gasteiger partial charge on any atom is -0.372 e. The third kappa shape index (κ3) is 2.19. The average Bonchev–Trinajstić information content (AvgIpc) is 3.10. The summed E-state index contributed by atoms with van der Waals surface area (Å²) in [4.78, 5) is 2.44. The molecule has 0 spiro atoms. The SMILES string of the molecule is C=C1NN=C(c2ccc(N3CCCC3)cc2)c2ccccc21. The molecule has 3 nitrogen and oxygen atoms in total. The third-order valence-electron chi connectivity index (χ3n) is 4.42. The molecule has 0 saturated carbocycles. The van der Waals surface area contributed by atoms with Gasteiger partial charge in [0, 0.05) is 35.5 Å². The fourth-order valence-corrected chi connectivity index (χ4v) is 3.22. The van der Waals surface area contributed by atoms with E-state index in [1.54, 1.807) is 0 Å². The first kappa shape index (κ1) is 13.1. The number of hydrogen-bond donors (Lipinski definition) is 1. The molecule has 4 rings (SSSR count). The number of nitrogens with one attached hydrogen (secondary N) is 1. The van der Waals surface area contributed by atoms with Crippen molar-refractivity contribution in [1.82, 2.24) is 5.43 Å². The summed E-state index contributed by atoms with van der Waals surface area (Å²) < 4.78 is 0. The minimum absolute atomic E-state index is 0.855. The van der Waals surface area contributed by atoms with Crippen LogP contribution in [0.1, 0.15) is 29.5 Å². The van der Waals surface area contributed by atoms with Crippen LogP contribution in [0.4, 0.5) is 5.69 Å². The van der Waals surface area contributed by atoms with Gasteiger partial charge in [-0.2, -0.15) is 5.10 Å². The van der Waals surface area contributed by atoms with Gasteiger partial charge in [0.05, 0.1) is 11.4 Å². The Morgan fingerprint density at radius 1 is 0.909 bits per heavy atom. The predicted molar refractivity (Wildman–Crippen MR) is 92.1 cm³/mol. The molecule has 2 aliphatic heterocycles. The zero-order chi connectivity index (χ0) is 14.9. The lowest BCUT2D eigenvalue weighted by atomic mass is 9.95. The van der Waals surface area contributed by atoms with Crippen molar-refractivity contribution in [3.8, 4) is 0 Å². The van der Waals surface area contributed by atoms with Crippen molar-refractivity contribution in [2.75, 3.05) is 18.0 Å². The van der Waals surface area contributed by atoms with Gasteiger partial charge in [-0.15, -0.1) is 0 Å². The van der Waals surface area contributed by atoms with E-state index in [-0.39, 0.29) is 0 Å². The van der Waals surface area contributed by atoms with Crippen molar-refractivity contribution >= 4 is 17.1 Å². The molecule has 0 aromatic heterocycles. The molecule has 1 fully saturated rings. The van der Waals surface area contributed by atoms with Crippen LogP contribution in [-0.2, 0) is 0 Å². The Morgan fingerprint density at radius 2 is 1.59 bits per heavy atom. The van der Waals surface area contributed by atoms with E-state index in [1.165, 1.54) is 31.6 Å². The molecule has 0 unspecified atom stereocenters. The minimum atomic E-state index is 0.855. The first-order valence-electron chi connectivity index (χ1n) is 7.81. The van der Waals surface area contributed by atoms with Crippen LogP contribution in [0.2, 0.25) is 0 Å². The maximum Gasteiger partial charge on any atom is 0.0984 e. The Balaban J connectivity index is 1.69. The van der Waals surface area contributed by atoms with E-state index in [1.807, 2.05) is 12.1 Å². The second-order valence-electron chi connectivity index (χ2n) is 5.84. The summed E-state index contributed by atoms with van der Waals surface area (Å²) in [7, 11) is 0. The highest BCUT2D eigenvalue weighted by Gasteiger charge is 2.18. The molecule has 110 valence electrons. The van der Waals surface area contributed by atoms with Crippen LogP contribution in [0.5, 0.6) is 0 Å². The lowest BCUT2D eigenvalue weighted by Gasteiger charge is -2.21. The topological polar surface area (TPSA) is 27.6 Å². The molecule has 2 aromatic carbocycles. The summed E-state index contributed by atoms with van der Waals surface area (Å²) in [6.07, 6.45) is 2.60. The monoisotopic (exact) mass is 289 g/mol. The van der Waals surface area contributed by atoms with Crippen molar-refractivity contribution in [3.05, 3.63) is 71.8 Å². The summed E-state index contributed by atoms with van der Waals surface area (Å²) >= 11 is 0. The zero-order valence-corrected chi connectivity index (χ0v) is 12.5. The van der Waals surface area contributed by atoms with Gasteiger partial charge in [-0.3, -0.25) is 5.43 Å². The van der Waals surface area contributed by atoms with Crippen LogP contribution >= 0.6 is 0 Å². The van der Waals surface area contributed by atoms with Crippen molar-refractivity contribution < 1.29 is 0 Å². The fraction of sp³-hybridized carbons (Fsp3) is 0.211. The highest BCUT2D eigenvalue weighted by molar-refractivity contribution is 6.16. The number of anilines is 1. The third-order valence-corrected chi connectivity index (χ3v) is 4.42. The van der Waals surface area contributed by atoms with Crippen molar-refractivity contribution in [2.45, 2.75) is 12.8 Å². The van der Waals surface area contributed by atoms with Crippen molar-refractivity contribution in [1.29, 1.82) is 0 Å². The van der Waals surface area contributed by atoms with E-state index in [0.29, 0.717) is 0 Å². The molecular weight excluding hydrogens is 270 g/mol. The highest BCUT2D eigenvalue weighted by atomic mass is 15.3. The normalized spacial score (nSPS) is 17.0. The molecule has 0 atom stereocenters. The molecule has 0 bridgehead atoms. The molecule has 2 aliphatic rings. The fourth-order valence-electron chi connectivity index (χ4n) is 3.22. The van der Waals surface area contributed by atoms with Crippen LogP contribution in [0.15, 0.2) is 60.2 Å². The molecule has 1 N–H and O–H groups in total. The molecule has 22 heavy (non-hydrogen) atoms. The summed E-state index contributed by atoms with van der Waals surface area (Å²) in [5, 5.41) is 4.50. The van der Waals surface area contributed by atoms with E-state index < -0.39 is 0 Å². The first-order valence-corrected chi connectivity index (χ1v) is 7.81. The van der Waals surface area contributed by atoms with Crippen molar-refractivity contribution in [3.63, 3.8) is 0 Å². The van der Waals surface area contributed by atoms with Gasteiger partial charge in [0.25, 0.3) is 0 Å². The summed E-state index contributed by atoms with van der Waals surface area (Å²) in [5.41, 5.74) is 9.58. The van der Waals surface area contributed by atoms with Gasteiger partial charge in [-0.25, -0.2) is 0 Å². The highest BCUT2D eigenvalue weighted by Crippen LogP contribution is 2.26. The molecular formula is C19H19N3. The maximum atomic E-state index is 4.50. The van der Waals surface area contributed by atoms with Gasteiger partial charge in [0.15, 0.2) is 0 Å². The van der Waals surface area contributed by atoms with Gasteiger partial charge in [0.1, 0.15) is 0 Å². The number of fused-ring (bicyclic) bond motifs is 1. The van der Waals surface area contributed by atoms with E-state index in [2.05, 4.69) is 58.4 Å². The van der Waals surface area contributed by atoms with Gasteiger partial charge in [0.2, 0.25) is 0 Å². The smallest absolute Gasteiger partial charge is 0.0984 e. The van der Waals surface area contributed by atoms with Gasteiger partial charge >= 0.3 is 0 Å². The molecule has 0 radical (unpaired) electrons. The van der Waals surface area contributed by atoms with Crippen LogP contribution in [0.25, 0.3) is 5.70 Å². The van der Waals surface area contributed by atoms with Gasteiger partial charge in [-0.1, -0.05) is 43.0 Å². The molecule has 2 heterocycles. The van der Waals surface area contributed by atoms with Crippen LogP contribution in [-0.4, -0.2) is 18.8 Å².